The zero-order valence-corrected chi connectivity index (χ0v) is 14.2. The van der Waals surface area contributed by atoms with E-state index in [0.717, 1.165) is 16.3 Å². The van der Waals surface area contributed by atoms with Crippen LogP contribution in [0.5, 0.6) is 5.75 Å². The quantitative estimate of drug-likeness (QED) is 0.872. The number of piperidine rings is 1. The summed E-state index contributed by atoms with van der Waals surface area (Å²) in [5.41, 5.74) is 0.836. The van der Waals surface area contributed by atoms with Gasteiger partial charge >= 0.3 is 6.18 Å². The molecule has 2 aromatic carbocycles. The molecule has 2 aromatic rings. The van der Waals surface area contributed by atoms with E-state index in [0.29, 0.717) is 32.5 Å². The molecule has 0 unspecified atom stereocenters. The van der Waals surface area contributed by atoms with Crippen LogP contribution in [0.15, 0.2) is 36.4 Å². The highest BCUT2D eigenvalue weighted by molar-refractivity contribution is 5.87. The highest BCUT2D eigenvalue weighted by atomic mass is 19.4. The van der Waals surface area contributed by atoms with Crippen LogP contribution in [0.2, 0.25) is 0 Å². The first kappa shape index (κ1) is 18.5. The molecule has 0 bridgehead atoms. The second-order valence-corrected chi connectivity index (χ2v) is 6.67. The number of alkyl halides is 3. The summed E-state index contributed by atoms with van der Waals surface area (Å²) in [6.07, 6.45) is -3.37. The standard InChI is InChI=1S/C19H21F3N2O2/c20-19(21,22)12-23-18(26)14-7-9-24(10-8-14)11-16-15-4-2-1-3-13(15)5-6-17(16)25/h1-6,14,25H,7-12H2,(H,23,26). The van der Waals surface area contributed by atoms with Gasteiger partial charge in [-0.3, -0.25) is 9.69 Å². The largest absolute Gasteiger partial charge is 0.508 e. The van der Waals surface area contributed by atoms with Crippen molar-refractivity contribution in [3.05, 3.63) is 42.0 Å². The molecule has 2 N–H and O–H groups in total. The number of aromatic hydroxyl groups is 1. The molecular weight excluding hydrogens is 345 g/mol. The lowest BCUT2D eigenvalue weighted by molar-refractivity contribution is -0.141. The van der Waals surface area contributed by atoms with Crippen LogP contribution in [0.25, 0.3) is 10.8 Å². The van der Waals surface area contributed by atoms with Gasteiger partial charge in [0.05, 0.1) is 0 Å². The number of fused-ring (bicyclic) bond motifs is 1. The molecule has 1 fully saturated rings. The van der Waals surface area contributed by atoms with E-state index in [1.54, 1.807) is 6.07 Å². The second kappa shape index (κ2) is 7.53. The fourth-order valence-corrected chi connectivity index (χ4v) is 3.40. The number of likely N-dealkylation sites (tertiary alicyclic amines) is 1. The number of phenolic OH excluding ortho intramolecular Hbond substituents is 1. The summed E-state index contributed by atoms with van der Waals surface area (Å²) in [4.78, 5) is 14.0. The maximum absolute atomic E-state index is 12.2. The maximum atomic E-state index is 12.2. The first-order chi connectivity index (χ1) is 12.3. The van der Waals surface area contributed by atoms with Crippen molar-refractivity contribution < 1.29 is 23.1 Å². The monoisotopic (exact) mass is 366 g/mol. The van der Waals surface area contributed by atoms with Crippen LogP contribution in [-0.4, -0.2) is 41.7 Å². The number of rotatable bonds is 4. The SMILES string of the molecule is O=C(NCC(F)(F)F)C1CCN(Cc2c(O)ccc3ccccc23)CC1. The summed E-state index contributed by atoms with van der Waals surface area (Å²) in [7, 11) is 0. The Hall–Kier alpha value is -2.28. The molecule has 1 saturated heterocycles. The molecule has 1 amide bonds. The number of carbonyl (C=O) groups excluding carboxylic acids is 1. The average molecular weight is 366 g/mol. The van der Waals surface area contributed by atoms with Crippen molar-refractivity contribution in [3.8, 4) is 5.75 Å². The Morgan fingerprint density at radius 2 is 1.85 bits per heavy atom. The van der Waals surface area contributed by atoms with Gasteiger partial charge in [0.15, 0.2) is 0 Å². The summed E-state index contributed by atoms with van der Waals surface area (Å²) in [5.74, 6) is -0.696. The van der Waals surface area contributed by atoms with E-state index >= 15 is 0 Å². The molecule has 26 heavy (non-hydrogen) atoms. The molecule has 0 radical (unpaired) electrons. The average Bonchev–Trinajstić information content (AvgIpc) is 2.62. The van der Waals surface area contributed by atoms with Crippen LogP contribution in [0.3, 0.4) is 0 Å². The summed E-state index contributed by atoms with van der Waals surface area (Å²) in [5, 5.41) is 14.2. The van der Waals surface area contributed by atoms with E-state index in [4.69, 9.17) is 0 Å². The predicted octanol–water partition coefficient (Wildman–Crippen LogP) is 3.44. The van der Waals surface area contributed by atoms with Gasteiger partial charge in [0.25, 0.3) is 0 Å². The first-order valence-corrected chi connectivity index (χ1v) is 8.60. The molecule has 140 valence electrons. The Labute approximate surface area is 149 Å². The van der Waals surface area contributed by atoms with Gasteiger partial charge in [-0.25, -0.2) is 0 Å². The molecule has 7 heteroatoms. The minimum Gasteiger partial charge on any atom is -0.508 e. The van der Waals surface area contributed by atoms with Crippen LogP contribution in [0.4, 0.5) is 13.2 Å². The van der Waals surface area contributed by atoms with Gasteiger partial charge in [-0.05, 0) is 42.8 Å². The zero-order chi connectivity index (χ0) is 18.7. The van der Waals surface area contributed by atoms with Crippen LogP contribution >= 0.6 is 0 Å². The Morgan fingerprint density at radius 1 is 1.15 bits per heavy atom. The Morgan fingerprint density at radius 3 is 2.54 bits per heavy atom. The van der Waals surface area contributed by atoms with Crippen molar-refractivity contribution in [2.24, 2.45) is 5.92 Å². The third kappa shape index (κ3) is 4.46. The fraction of sp³-hybridized carbons (Fsp3) is 0.421. The van der Waals surface area contributed by atoms with Crippen molar-refractivity contribution in [2.45, 2.75) is 25.6 Å². The molecule has 0 aromatic heterocycles. The number of hydrogen-bond acceptors (Lipinski definition) is 3. The van der Waals surface area contributed by atoms with E-state index in [1.165, 1.54) is 0 Å². The maximum Gasteiger partial charge on any atom is 0.405 e. The molecule has 3 rings (SSSR count). The smallest absolute Gasteiger partial charge is 0.405 e. The van der Waals surface area contributed by atoms with Crippen molar-refractivity contribution in [1.82, 2.24) is 10.2 Å². The molecule has 1 aliphatic heterocycles. The number of amides is 1. The summed E-state index contributed by atoms with van der Waals surface area (Å²) < 4.78 is 36.6. The summed E-state index contributed by atoms with van der Waals surface area (Å²) >= 11 is 0. The number of phenols is 1. The zero-order valence-electron chi connectivity index (χ0n) is 14.2. The molecule has 0 spiro atoms. The van der Waals surface area contributed by atoms with E-state index in [-0.39, 0.29) is 5.75 Å². The lowest BCUT2D eigenvalue weighted by Crippen LogP contribution is -2.42. The molecule has 0 aliphatic carbocycles. The molecule has 0 saturated carbocycles. The Kier molecular flexibility index (Phi) is 5.36. The van der Waals surface area contributed by atoms with Gasteiger partial charge in [0.2, 0.25) is 5.91 Å². The van der Waals surface area contributed by atoms with E-state index in [1.807, 2.05) is 35.6 Å². The number of nitrogens with zero attached hydrogens (tertiary/aromatic N) is 1. The molecule has 4 nitrogen and oxygen atoms in total. The van der Waals surface area contributed by atoms with E-state index in [2.05, 4.69) is 4.90 Å². The molecule has 1 aliphatic rings. The van der Waals surface area contributed by atoms with Gasteiger partial charge in [0, 0.05) is 18.0 Å². The van der Waals surface area contributed by atoms with Crippen molar-refractivity contribution >= 4 is 16.7 Å². The number of nitrogens with one attached hydrogen (secondary N) is 1. The van der Waals surface area contributed by atoms with E-state index < -0.39 is 24.5 Å². The minimum absolute atomic E-state index is 0.230. The first-order valence-electron chi connectivity index (χ1n) is 8.60. The predicted molar refractivity (Wildman–Crippen MR) is 92.7 cm³/mol. The normalized spacial score (nSPS) is 16.7. The molecular formula is C19H21F3N2O2. The number of halogens is 3. The second-order valence-electron chi connectivity index (χ2n) is 6.67. The van der Waals surface area contributed by atoms with Crippen LogP contribution in [0, 0.1) is 5.92 Å². The van der Waals surface area contributed by atoms with Crippen LogP contribution in [-0.2, 0) is 11.3 Å². The lowest BCUT2D eigenvalue weighted by Gasteiger charge is -2.31. The summed E-state index contributed by atoms with van der Waals surface area (Å²) in [6.45, 7) is 0.472. The highest BCUT2D eigenvalue weighted by Gasteiger charge is 2.31. The van der Waals surface area contributed by atoms with E-state index in [9.17, 15) is 23.1 Å². The van der Waals surface area contributed by atoms with Gasteiger partial charge in [-0.1, -0.05) is 30.3 Å². The van der Waals surface area contributed by atoms with Gasteiger partial charge in [-0.15, -0.1) is 0 Å². The van der Waals surface area contributed by atoms with Gasteiger partial charge < -0.3 is 10.4 Å². The topological polar surface area (TPSA) is 52.6 Å². The third-order valence-electron chi connectivity index (χ3n) is 4.82. The lowest BCUT2D eigenvalue weighted by atomic mass is 9.95. The number of benzene rings is 2. The summed E-state index contributed by atoms with van der Waals surface area (Å²) in [6, 6.07) is 11.3. The van der Waals surface area contributed by atoms with Gasteiger partial charge in [0.1, 0.15) is 12.3 Å². The van der Waals surface area contributed by atoms with Crippen molar-refractivity contribution in [3.63, 3.8) is 0 Å². The number of hydrogen-bond donors (Lipinski definition) is 2. The highest BCUT2D eigenvalue weighted by Crippen LogP contribution is 2.30. The fourth-order valence-electron chi connectivity index (χ4n) is 3.40. The molecule has 0 atom stereocenters. The molecule has 1 heterocycles. The van der Waals surface area contributed by atoms with Crippen molar-refractivity contribution in [1.29, 1.82) is 0 Å². The van der Waals surface area contributed by atoms with Gasteiger partial charge in [-0.2, -0.15) is 13.2 Å². The van der Waals surface area contributed by atoms with Crippen LogP contribution in [0.1, 0.15) is 18.4 Å². The van der Waals surface area contributed by atoms with Crippen molar-refractivity contribution in [2.75, 3.05) is 19.6 Å². The van der Waals surface area contributed by atoms with Crippen LogP contribution < -0.4 is 5.32 Å². The Bertz CT molecular complexity index is 784. The Balaban J connectivity index is 1.60. The minimum atomic E-state index is -4.39. The third-order valence-corrected chi connectivity index (χ3v) is 4.82. The number of carbonyl (C=O) groups is 1.